The van der Waals surface area contributed by atoms with Crippen LogP contribution in [0, 0.1) is 5.82 Å². The minimum Gasteiger partial charge on any atom is -0.497 e. The summed E-state index contributed by atoms with van der Waals surface area (Å²) < 4.78 is 24.6. The molecule has 0 aliphatic rings. The van der Waals surface area contributed by atoms with E-state index in [0.717, 1.165) is 17.0 Å². The summed E-state index contributed by atoms with van der Waals surface area (Å²) in [7, 11) is 1.62. The highest BCUT2D eigenvalue weighted by Gasteiger charge is 2.22. The maximum atomic E-state index is 13.5. The molecule has 0 radical (unpaired) electrons. The van der Waals surface area contributed by atoms with Crippen molar-refractivity contribution >= 4 is 17.3 Å². The van der Waals surface area contributed by atoms with Crippen molar-refractivity contribution in [2.75, 3.05) is 12.4 Å². The molecule has 0 unspecified atom stereocenters. The molecule has 0 saturated heterocycles. The van der Waals surface area contributed by atoms with Crippen LogP contribution in [0.15, 0.2) is 77.2 Å². The van der Waals surface area contributed by atoms with E-state index in [1.165, 1.54) is 12.1 Å². The van der Waals surface area contributed by atoms with Gasteiger partial charge in [0.05, 0.1) is 7.11 Å². The van der Waals surface area contributed by atoms with Gasteiger partial charge in [-0.3, -0.25) is 0 Å². The highest BCUT2D eigenvalue weighted by Crippen LogP contribution is 2.30. The number of nitrogens with zero attached hydrogens (tertiary/aromatic N) is 2. The molecular weight excluding hydrogens is 393 g/mol. The van der Waals surface area contributed by atoms with E-state index in [0.29, 0.717) is 16.5 Å². The van der Waals surface area contributed by atoms with Crippen LogP contribution in [0.25, 0.3) is 11.5 Å². The van der Waals surface area contributed by atoms with Gasteiger partial charge in [-0.05, 0) is 60.2 Å². The highest BCUT2D eigenvalue weighted by atomic mass is 35.5. The summed E-state index contributed by atoms with van der Waals surface area (Å²) in [4.78, 5) is 0. The Morgan fingerprint density at radius 1 is 1.00 bits per heavy atom. The molecule has 1 aromatic heterocycles. The van der Waals surface area contributed by atoms with Crippen molar-refractivity contribution in [3.05, 3.63) is 95.1 Å². The predicted octanol–water partition coefficient (Wildman–Crippen LogP) is 5.74. The summed E-state index contributed by atoms with van der Waals surface area (Å²) in [6, 6.07) is 20.5. The van der Waals surface area contributed by atoms with E-state index in [2.05, 4.69) is 15.5 Å². The van der Waals surface area contributed by atoms with Gasteiger partial charge in [0, 0.05) is 16.3 Å². The molecule has 0 aliphatic carbocycles. The molecule has 4 rings (SSSR count). The van der Waals surface area contributed by atoms with Crippen molar-refractivity contribution in [2.45, 2.75) is 6.04 Å². The first kappa shape index (κ1) is 19.0. The first-order valence-corrected chi connectivity index (χ1v) is 9.25. The lowest BCUT2D eigenvalue weighted by molar-refractivity contribution is 0.415. The molecule has 5 nitrogen and oxygen atoms in total. The number of benzene rings is 3. The summed E-state index contributed by atoms with van der Waals surface area (Å²) in [5.74, 6) is 0.982. The van der Waals surface area contributed by atoms with Crippen LogP contribution in [0.5, 0.6) is 5.75 Å². The number of ether oxygens (including phenoxy) is 1. The minimum atomic E-state index is -0.421. The van der Waals surface area contributed by atoms with Crippen LogP contribution >= 0.6 is 11.6 Å². The molecule has 0 saturated carbocycles. The second-order valence-electron chi connectivity index (χ2n) is 6.31. The van der Waals surface area contributed by atoms with Gasteiger partial charge in [-0.25, -0.2) is 4.39 Å². The molecule has 0 amide bonds. The zero-order valence-corrected chi connectivity index (χ0v) is 16.2. The number of hydrogen-bond donors (Lipinski definition) is 1. The van der Waals surface area contributed by atoms with E-state index < -0.39 is 6.04 Å². The maximum absolute atomic E-state index is 13.5. The molecule has 0 fully saturated rings. The Kier molecular flexibility index (Phi) is 5.44. The molecule has 1 heterocycles. The van der Waals surface area contributed by atoms with Gasteiger partial charge in [-0.15, -0.1) is 10.2 Å². The summed E-state index contributed by atoms with van der Waals surface area (Å²) in [5, 5.41) is 12.3. The van der Waals surface area contributed by atoms with Crippen LogP contribution in [0.3, 0.4) is 0 Å². The number of aromatic nitrogens is 2. The fraction of sp³-hybridized carbons (Fsp3) is 0.0909. The van der Waals surface area contributed by atoms with Crippen molar-refractivity contribution < 1.29 is 13.5 Å². The van der Waals surface area contributed by atoms with Crippen molar-refractivity contribution in [3.63, 3.8) is 0 Å². The van der Waals surface area contributed by atoms with Crippen LogP contribution in [0.1, 0.15) is 17.5 Å². The van der Waals surface area contributed by atoms with Crippen molar-refractivity contribution in [3.8, 4) is 17.2 Å². The van der Waals surface area contributed by atoms with Crippen molar-refractivity contribution in [1.29, 1.82) is 0 Å². The minimum absolute atomic E-state index is 0.245. The number of rotatable bonds is 6. The van der Waals surface area contributed by atoms with Gasteiger partial charge in [-0.1, -0.05) is 29.8 Å². The first-order valence-electron chi connectivity index (χ1n) is 8.88. The lowest BCUT2D eigenvalue weighted by atomic mass is 10.1. The molecular formula is C22H17ClFN3O2. The number of halogens is 2. The molecule has 4 aromatic rings. The fourth-order valence-corrected chi connectivity index (χ4v) is 3.01. The number of anilines is 1. The molecule has 3 aromatic carbocycles. The van der Waals surface area contributed by atoms with Crippen molar-refractivity contribution in [2.24, 2.45) is 0 Å². The number of methoxy groups -OCH3 is 1. The average Bonchev–Trinajstić information content (AvgIpc) is 3.23. The molecule has 1 N–H and O–H groups in total. The van der Waals surface area contributed by atoms with Gasteiger partial charge in [0.25, 0.3) is 0 Å². The molecule has 7 heteroatoms. The van der Waals surface area contributed by atoms with Gasteiger partial charge in [0.15, 0.2) is 0 Å². The Labute approximate surface area is 172 Å². The third-order valence-electron chi connectivity index (χ3n) is 4.36. The molecule has 0 spiro atoms. The van der Waals surface area contributed by atoms with Crippen LogP contribution in [0.4, 0.5) is 10.1 Å². The Hall–Kier alpha value is -3.38. The molecule has 1 atom stereocenters. The Morgan fingerprint density at radius 3 is 2.45 bits per heavy atom. The maximum Gasteiger partial charge on any atom is 0.247 e. The summed E-state index contributed by atoms with van der Waals surface area (Å²) in [6.45, 7) is 0. The van der Waals surface area contributed by atoms with E-state index in [4.69, 9.17) is 20.8 Å². The highest BCUT2D eigenvalue weighted by molar-refractivity contribution is 6.30. The zero-order valence-electron chi connectivity index (χ0n) is 15.5. The summed E-state index contributed by atoms with van der Waals surface area (Å²) in [5.41, 5.74) is 2.25. The molecule has 0 bridgehead atoms. The standard InChI is InChI=1S/C22H17ClFN3O2/c1-28-19-11-9-18(10-12-19)25-20(14-5-7-16(23)8-6-14)22-27-26-21(29-22)15-3-2-4-17(24)13-15/h2-13,20,25H,1H3/t20-/m1/s1. The topological polar surface area (TPSA) is 60.2 Å². The Bertz CT molecular complexity index is 1100. The van der Waals surface area contributed by atoms with Gasteiger partial charge in [0.1, 0.15) is 17.6 Å². The largest absolute Gasteiger partial charge is 0.497 e. The van der Waals surface area contributed by atoms with Gasteiger partial charge in [-0.2, -0.15) is 0 Å². The smallest absolute Gasteiger partial charge is 0.247 e. The third kappa shape index (κ3) is 4.38. The van der Waals surface area contributed by atoms with Gasteiger partial charge < -0.3 is 14.5 Å². The van der Waals surface area contributed by atoms with Gasteiger partial charge >= 0.3 is 0 Å². The van der Waals surface area contributed by atoms with Crippen LogP contribution in [0.2, 0.25) is 5.02 Å². The van der Waals surface area contributed by atoms with E-state index >= 15 is 0 Å². The second-order valence-corrected chi connectivity index (χ2v) is 6.75. The van der Waals surface area contributed by atoms with E-state index in [-0.39, 0.29) is 11.7 Å². The Balaban J connectivity index is 1.69. The molecule has 29 heavy (non-hydrogen) atoms. The quantitative estimate of drug-likeness (QED) is 0.440. The predicted molar refractivity (Wildman–Crippen MR) is 110 cm³/mol. The normalized spacial score (nSPS) is 11.8. The lowest BCUT2D eigenvalue weighted by Crippen LogP contribution is -2.12. The lowest BCUT2D eigenvalue weighted by Gasteiger charge is -2.17. The summed E-state index contributed by atoms with van der Waals surface area (Å²) >= 11 is 6.03. The second kappa shape index (κ2) is 8.32. The Morgan fingerprint density at radius 2 is 1.76 bits per heavy atom. The van der Waals surface area contributed by atoms with E-state index in [1.54, 1.807) is 31.4 Å². The SMILES string of the molecule is COc1ccc(N[C@H](c2ccc(Cl)cc2)c2nnc(-c3cccc(F)c3)o2)cc1. The number of nitrogens with one attached hydrogen (secondary N) is 1. The van der Waals surface area contributed by atoms with E-state index in [1.807, 2.05) is 36.4 Å². The third-order valence-corrected chi connectivity index (χ3v) is 4.62. The molecule has 0 aliphatic heterocycles. The number of hydrogen-bond acceptors (Lipinski definition) is 5. The zero-order chi connectivity index (χ0) is 20.2. The van der Waals surface area contributed by atoms with Crippen LogP contribution < -0.4 is 10.1 Å². The monoisotopic (exact) mass is 409 g/mol. The molecule has 146 valence electrons. The fourth-order valence-electron chi connectivity index (χ4n) is 2.89. The van der Waals surface area contributed by atoms with Gasteiger partial charge in [0.2, 0.25) is 11.8 Å². The van der Waals surface area contributed by atoms with Crippen molar-refractivity contribution in [1.82, 2.24) is 10.2 Å². The average molecular weight is 410 g/mol. The van der Waals surface area contributed by atoms with Crippen LogP contribution in [-0.4, -0.2) is 17.3 Å². The van der Waals surface area contributed by atoms with E-state index in [9.17, 15) is 4.39 Å². The first-order chi connectivity index (χ1) is 14.1. The van der Waals surface area contributed by atoms with Crippen LogP contribution in [-0.2, 0) is 0 Å². The summed E-state index contributed by atoms with van der Waals surface area (Å²) in [6.07, 6.45) is 0.